The Balaban J connectivity index is 1.95. The van der Waals surface area contributed by atoms with E-state index in [9.17, 15) is 9.59 Å². The van der Waals surface area contributed by atoms with Gasteiger partial charge in [0.2, 0.25) is 5.75 Å². The molecule has 0 atom stereocenters. The molecule has 2 heterocycles. The van der Waals surface area contributed by atoms with E-state index in [0.717, 1.165) is 10.9 Å². The molecule has 0 unspecified atom stereocenters. The van der Waals surface area contributed by atoms with Crippen LogP contribution in [0.5, 0.6) is 17.2 Å². The Bertz CT molecular complexity index is 1220. The second kappa shape index (κ2) is 9.08. The maximum atomic E-state index is 13.6. The first-order valence-corrected chi connectivity index (χ1v) is 10.9. The Morgan fingerprint density at radius 3 is 2.41 bits per heavy atom. The summed E-state index contributed by atoms with van der Waals surface area (Å²) in [4.78, 5) is 27.5. The first-order valence-electron chi connectivity index (χ1n) is 10.1. The fourth-order valence-electron chi connectivity index (χ4n) is 3.97. The molecule has 8 heteroatoms. The van der Waals surface area contributed by atoms with E-state index >= 15 is 0 Å². The highest BCUT2D eigenvalue weighted by atomic mass is 79.9. The quantitative estimate of drug-likeness (QED) is 0.472. The van der Waals surface area contributed by atoms with Gasteiger partial charge in [0.15, 0.2) is 11.5 Å². The number of rotatable bonds is 6. The lowest BCUT2D eigenvalue weighted by Crippen LogP contribution is -2.40. The average molecular weight is 499 g/mol. The molecular formula is C24H23BrN2O5. The van der Waals surface area contributed by atoms with E-state index in [1.54, 1.807) is 33.5 Å². The van der Waals surface area contributed by atoms with Gasteiger partial charge < -0.3 is 18.8 Å². The predicted molar refractivity (Wildman–Crippen MR) is 125 cm³/mol. The van der Waals surface area contributed by atoms with Crippen molar-refractivity contribution in [3.8, 4) is 17.2 Å². The summed E-state index contributed by atoms with van der Waals surface area (Å²) in [5.41, 5.74) is 2.08. The lowest BCUT2D eigenvalue weighted by Gasteiger charge is -2.24. The smallest absolute Gasteiger partial charge is 0.277 e. The minimum atomic E-state index is -0.368. The van der Waals surface area contributed by atoms with Gasteiger partial charge in [-0.05, 0) is 40.0 Å². The second-order valence-electron chi connectivity index (χ2n) is 7.29. The van der Waals surface area contributed by atoms with E-state index in [1.165, 1.54) is 4.90 Å². The van der Waals surface area contributed by atoms with Crippen molar-refractivity contribution in [2.75, 3.05) is 27.9 Å². The minimum absolute atomic E-state index is 0.323. The third-order valence-corrected chi connectivity index (χ3v) is 6.12. The number of hydrogen-bond donors (Lipinski definition) is 0. The molecule has 1 aliphatic rings. The van der Waals surface area contributed by atoms with Crippen LogP contribution in [-0.4, -0.2) is 49.2 Å². The molecule has 2 amide bonds. The zero-order valence-electron chi connectivity index (χ0n) is 18.1. The molecular weight excluding hydrogens is 476 g/mol. The molecule has 32 heavy (non-hydrogen) atoms. The highest BCUT2D eigenvalue weighted by molar-refractivity contribution is 9.12. The molecule has 0 fully saturated rings. The zero-order valence-corrected chi connectivity index (χ0v) is 19.6. The van der Waals surface area contributed by atoms with Gasteiger partial charge >= 0.3 is 0 Å². The maximum Gasteiger partial charge on any atom is 0.277 e. The van der Waals surface area contributed by atoms with E-state index in [4.69, 9.17) is 14.2 Å². The number of hydrogen-bond acceptors (Lipinski definition) is 5. The predicted octanol–water partition coefficient (Wildman–Crippen LogP) is 4.37. The fraction of sp³-hybridized carbons (Fsp3) is 0.250. The normalized spacial score (nSPS) is 13.8. The first-order chi connectivity index (χ1) is 15.5. The Morgan fingerprint density at radius 1 is 1.03 bits per heavy atom. The van der Waals surface area contributed by atoms with Crippen LogP contribution in [0.25, 0.3) is 10.9 Å². The van der Waals surface area contributed by atoms with Gasteiger partial charge in [-0.1, -0.05) is 36.4 Å². The summed E-state index contributed by atoms with van der Waals surface area (Å²) in [5.74, 6) is 0.677. The molecule has 0 radical (unpaired) electrons. The lowest BCUT2D eigenvalue weighted by atomic mass is 10.2. The number of methoxy groups -OCH3 is 3. The van der Waals surface area contributed by atoms with Crippen LogP contribution in [0.3, 0.4) is 0 Å². The van der Waals surface area contributed by atoms with Crippen molar-refractivity contribution in [2.45, 2.75) is 13.0 Å². The van der Waals surface area contributed by atoms with Crippen molar-refractivity contribution in [1.29, 1.82) is 0 Å². The van der Waals surface area contributed by atoms with Crippen molar-refractivity contribution in [2.24, 2.45) is 0 Å². The minimum Gasteiger partial charge on any atom is -0.493 e. The Morgan fingerprint density at radius 2 is 1.75 bits per heavy atom. The van der Waals surface area contributed by atoms with Crippen LogP contribution in [0.2, 0.25) is 0 Å². The van der Waals surface area contributed by atoms with Gasteiger partial charge in [0, 0.05) is 18.5 Å². The summed E-state index contributed by atoms with van der Waals surface area (Å²) < 4.78 is 19.0. The van der Waals surface area contributed by atoms with E-state index in [0.29, 0.717) is 52.5 Å². The molecule has 0 saturated heterocycles. The van der Waals surface area contributed by atoms with Gasteiger partial charge in [-0.2, -0.15) is 0 Å². The van der Waals surface area contributed by atoms with Gasteiger partial charge in [-0.15, -0.1) is 0 Å². The summed E-state index contributed by atoms with van der Waals surface area (Å²) >= 11 is 3.26. The Labute approximate surface area is 194 Å². The molecule has 3 aromatic rings. The Hall–Kier alpha value is -3.26. The third-order valence-electron chi connectivity index (χ3n) is 5.46. The SMILES string of the molecule is COc1cc2cc(C(=O)N3CCC=C(Br)C3=O)n(Cc3ccccc3)c2c(OC)c1OC. The van der Waals surface area contributed by atoms with Crippen molar-refractivity contribution in [1.82, 2.24) is 9.47 Å². The number of ether oxygens (including phenoxy) is 3. The fourth-order valence-corrected chi connectivity index (χ4v) is 4.41. The van der Waals surface area contributed by atoms with Crippen LogP contribution >= 0.6 is 15.9 Å². The number of imide groups is 1. The molecule has 0 N–H and O–H groups in total. The molecule has 7 nitrogen and oxygen atoms in total. The number of fused-ring (bicyclic) bond motifs is 1. The molecule has 0 bridgehead atoms. The summed E-state index contributed by atoms with van der Waals surface area (Å²) in [5, 5.41) is 0.748. The number of amides is 2. The molecule has 0 saturated carbocycles. The molecule has 0 aliphatic carbocycles. The van der Waals surface area contributed by atoms with E-state index < -0.39 is 0 Å². The molecule has 0 spiro atoms. The van der Waals surface area contributed by atoms with Gasteiger partial charge in [0.1, 0.15) is 5.69 Å². The van der Waals surface area contributed by atoms with Crippen LogP contribution in [0.4, 0.5) is 0 Å². The molecule has 166 valence electrons. The van der Waals surface area contributed by atoms with Crippen molar-refractivity contribution >= 4 is 38.6 Å². The standard InChI is InChI=1S/C24H23BrN2O5/c1-30-19-13-16-12-18(24(29)26-11-7-10-17(25)23(26)28)27(14-15-8-5-4-6-9-15)20(16)22(32-3)21(19)31-2/h4-6,8-10,12-13H,7,11,14H2,1-3H3. The number of carbonyl (C=O) groups is 2. The first kappa shape index (κ1) is 22.0. The highest BCUT2D eigenvalue weighted by Crippen LogP contribution is 2.44. The molecule has 4 rings (SSSR count). The topological polar surface area (TPSA) is 70.0 Å². The van der Waals surface area contributed by atoms with Crippen LogP contribution in [-0.2, 0) is 11.3 Å². The highest BCUT2D eigenvalue weighted by Gasteiger charge is 2.31. The maximum absolute atomic E-state index is 13.6. The van der Waals surface area contributed by atoms with Crippen LogP contribution in [0, 0.1) is 0 Å². The average Bonchev–Trinajstić information content (AvgIpc) is 3.17. The summed E-state index contributed by atoms with van der Waals surface area (Å²) in [6, 6.07) is 13.4. The van der Waals surface area contributed by atoms with E-state index in [2.05, 4.69) is 15.9 Å². The monoisotopic (exact) mass is 498 g/mol. The van der Waals surface area contributed by atoms with E-state index in [1.807, 2.05) is 41.0 Å². The zero-order chi connectivity index (χ0) is 22.8. The van der Waals surface area contributed by atoms with Crippen molar-refractivity contribution in [3.05, 3.63) is 64.3 Å². The third kappa shape index (κ3) is 3.75. The van der Waals surface area contributed by atoms with Crippen LogP contribution in [0.1, 0.15) is 22.5 Å². The van der Waals surface area contributed by atoms with E-state index in [-0.39, 0.29) is 11.8 Å². The van der Waals surface area contributed by atoms with Crippen LogP contribution < -0.4 is 14.2 Å². The van der Waals surface area contributed by atoms with Crippen molar-refractivity contribution < 1.29 is 23.8 Å². The van der Waals surface area contributed by atoms with Gasteiger partial charge in [-0.25, -0.2) is 0 Å². The largest absolute Gasteiger partial charge is 0.493 e. The number of benzene rings is 2. The lowest BCUT2D eigenvalue weighted by molar-refractivity contribution is -0.124. The van der Waals surface area contributed by atoms with Gasteiger partial charge in [-0.3, -0.25) is 14.5 Å². The van der Waals surface area contributed by atoms with Crippen LogP contribution in [0.15, 0.2) is 53.0 Å². The summed E-state index contributed by atoms with van der Waals surface area (Å²) in [6.45, 7) is 0.736. The van der Waals surface area contributed by atoms with Gasteiger partial charge in [0.25, 0.3) is 11.8 Å². The number of carbonyl (C=O) groups excluding carboxylic acids is 2. The number of aromatic nitrogens is 1. The number of halogens is 1. The van der Waals surface area contributed by atoms with Crippen molar-refractivity contribution in [3.63, 3.8) is 0 Å². The summed E-state index contributed by atoms with van der Waals surface area (Å²) in [7, 11) is 4.64. The number of nitrogens with zero attached hydrogens (tertiary/aromatic N) is 2. The molecule has 1 aliphatic heterocycles. The Kier molecular flexibility index (Phi) is 6.23. The summed E-state index contributed by atoms with van der Waals surface area (Å²) in [6.07, 6.45) is 2.38. The second-order valence-corrected chi connectivity index (χ2v) is 8.14. The molecule has 1 aromatic heterocycles. The van der Waals surface area contributed by atoms with Gasteiger partial charge in [0.05, 0.1) is 31.3 Å². The molecule has 2 aromatic carbocycles.